The Bertz CT molecular complexity index is 848. The molecule has 0 aliphatic heterocycles. The molecule has 0 radical (unpaired) electrons. The maximum Gasteiger partial charge on any atom is 0.249 e. The van der Waals surface area contributed by atoms with Crippen LogP contribution < -0.4 is 5.32 Å². The van der Waals surface area contributed by atoms with E-state index in [-0.39, 0.29) is 18.5 Å². The highest BCUT2D eigenvalue weighted by Crippen LogP contribution is 2.23. The quantitative estimate of drug-likeness (QED) is 0.745. The lowest BCUT2D eigenvalue weighted by Crippen LogP contribution is -2.07. The summed E-state index contributed by atoms with van der Waals surface area (Å²) < 4.78 is 19.0. The SMILES string of the molecule is Cc1ccc(-c2noc(C(C)Nc3cccc(CO)c3)n2)cc1F. The molecule has 3 aromatic rings. The van der Waals surface area contributed by atoms with Gasteiger partial charge >= 0.3 is 0 Å². The Morgan fingerprint density at radius 2 is 2.08 bits per heavy atom. The predicted octanol–water partition coefficient (Wildman–Crippen LogP) is 3.85. The van der Waals surface area contributed by atoms with Gasteiger partial charge in [-0.3, -0.25) is 0 Å². The van der Waals surface area contributed by atoms with E-state index in [0.717, 1.165) is 11.3 Å². The van der Waals surface area contributed by atoms with E-state index in [1.165, 1.54) is 6.07 Å². The van der Waals surface area contributed by atoms with Crippen LogP contribution in [0.15, 0.2) is 47.0 Å². The molecule has 3 rings (SSSR count). The molecular weight excluding hydrogens is 309 g/mol. The maximum absolute atomic E-state index is 13.7. The summed E-state index contributed by atoms with van der Waals surface area (Å²) in [6.45, 7) is 3.57. The van der Waals surface area contributed by atoms with Crippen LogP contribution in [0.1, 0.15) is 30.0 Å². The topological polar surface area (TPSA) is 71.2 Å². The summed E-state index contributed by atoms with van der Waals surface area (Å²) >= 11 is 0. The molecule has 6 heteroatoms. The summed E-state index contributed by atoms with van der Waals surface area (Å²) in [4.78, 5) is 4.33. The molecule has 5 nitrogen and oxygen atoms in total. The van der Waals surface area contributed by atoms with E-state index in [1.807, 2.05) is 31.2 Å². The van der Waals surface area contributed by atoms with E-state index in [0.29, 0.717) is 22.8 Å². The van der Waals surface area contributed by atoms with E-state index >= 15 is 0 Å². The third kappa shape index (κ3) is 3.44. The van der Waals surface area contributed by atoms with Crippen molar-refractivity contribution in [3.63, 3.8) is 0 Å². The first-order chi connectivity index (χ1) is 11.6. The Hall–Kier alpha value is -2.73. The van der Waals surface area contributed by atoms with Crippen molar-refractivity contribution >= 4 is 5.69 Å². The molecule has 0 amide bonds. The molecule has 0 aliphatic rings. The van der Waals surface area contributed by atoms with Gasteiger partial charge in [0.05, 0.1) is 6.61 Å². The van der Waals surface area contributed by atoms with Crippen molar-refractivity contribution in [1.82, 2.24) is 10.1 Å². The number of nitrogens with one attached hydrogen (secondary N) is 1. The number of anilines is 1. The smallest absolute Gasteiger partial charge is 0.249 e. The number of hydrogen-bond acceptors (Lipinski definition) is 5. The summed E-state index contributed by atoms with van der Waals surface area (Å²) in [5.74, 6) is 0.452. The van der Waals surface area contributed by atoms with Crippen LogP contribution in [0.5, 0.6) is 0 Å². The first-order valence-corrected chi connectivity index (χ1v) is 7.63. The van der Waals surface area contributed by atoms with Crippen LogP contribution in [-0.2, 0) is 6.61 Å². The first kappa shape index (κ1) is 16.1. The number of nitrogens with zero attached hydrogens (tertiary/aromatic N) is 2. The summed E-state index contributed by atoms with van der Waals surface area (Å²) in [6, 6.07) is 12.0. The van der Waals surface area contributed by atoms with E-state index in [9.17, 15) is 9.50 Å². The highest BCUT2D eigenvalue weighted by molar-refractivity contribution is 5.55. The van der Waals surface area contributed by atoms with Gasteiger partial charge in [-0.1, -0.05) is 29.4 Å². The number of aryl methyl sites for hydroxylation is 1. The normalized spacial score (nSPS) is 12.2. The van der Waals surface area contributed by atoms with Gasteiger partial charge in [0.2, 0.25) is 11.7 Å². The number of hydrogen-bond donors (Lipinski definition) is 2. The molecule has 0 bridgehead atoms. The van der Waals surface area contributed by atoms with Gasteiger partial charge in [0.15, 0.2) is 0 Å². The van der Waals surface area contributed by atoms with Crippen molar-refractivity contribution in [2.24, 2.45) is 0 Å². The lowest BCUT2D eigenvalue weighted by atomic mass is 10.1. The summed E-state index contributed by atoms with van der Waals surface area (Å²) in [7, 11) is 0. The summed E-state index contributed by atoms with van der Waals surface area (Å²) in [5, 5.41) is 16.3. The van der Waals surface area contributed by atoms with Crippen LogP contribution in [0.4, 0.5) is 10.1 Å². The second-order valence-electron chi connectivity index (χ2n) is 5.64. The van der Waals surface area contributed by atoms with Gasteiger partial charge in [-0.2, -0.15) is 4.98 Å². The lowest BCUT2D eigenvalue weighted by Gasteiger charge is -2.11. The monoisotopic (exact) mass is 327 g/mol. The van der Waals surface area contributed by atoms with Crippen molar-refractivity contribution in [1.29, 1.82) is 0 Å². The molecule has 124 valence electrons. The van der Waals surface area contributed by atoms with Gasteiger partial charge in [-0.25, -0.2) is 4.39 Å². The fraction of sp³-hybridized carbons (Fsp3) is 0.222. The minimum atomic E-state index is -0.300. The molecule has 24 heavy (non-hydrogen) atoms. The van der Waals surface area contributed by atoms with Crippen molar-refractivity contribution in [3.8, 4) is 11.4 Å². The van der Waals surface area contributed by atoms with Gasteiger partial charge in [-0.05, 0) is 43.2 Å². The zero-order valence-electron chi connectivity index (χ0n) is 13.5. The van der Waals surface area contributed by atoms with Crippen molar-refractivity contribution in [2.45, 2.75) is 26.5 Å². The predicted molar refractivity (Wildman–Crippen MR) is 88.8 cm³/mol. The van der Waals surface area contributed by atoms with Crippen LogP contribution in [0.3, 0.4) is 0 Å². The van der Waals surface area contributed by atoms with Crippen LogP contribution in [0.2, 0.25) is 0 Å². The highest BCUT2D eigenvalue weighted by Gasteiger charge is 2.16. The van der Waals surface area contributed by atoms with Crippen molar-refractivity contribution < 1.29 is 14.0 Å². The van der Waals surface area contributed by atoms with Crippen LogP contribution in [-0.4, -0.2) is 15.2 Å². The van der Waals surface area contributed by atoms with Gasteiger partial charge < -0.3 is 14.9 Å². The van der Waals surface area contributed by atoms with Gasteiger partial charge in [0, 0.05) is 11.3 Å². The second kappa shape index (κ2) is 6.80. The van der Waals surface area contributed by atoms with Crippen molar-refractivity contribution in [2.75, 3.05) is 5.32 Å². The van der Waals surface area contributed by atoms with Crippen LogP contribution in [0, 0.1) is 12.7 Å². The number of halogens is 1. The van der Waals surface area contributed by atoms with Gasteiger partial charge in [0.1, 0.15) is 11.9 Å². The minimum absolute atomic E-state index is 0.0202. The van der Waals surface area contributed by atoms with E-state index in [4.69, 9.17) is 4.52 Å². The molecule has 1 atom stereocenters. The Morgan fingerprint density at radius 3 is 2.83 bits per heavy atom. The fourth-order valence-electron chi connectivity index (χ4n) is 2.33. The molecule has 1 aromatic heterocycles. The summed E-state index contributed by atoms with van der Waals surface area (Å²) in [5.41, 5.74) is 2.80. The van der Waals surface area contributed by atoms with Crippen molar-refractivity contribution in [3.05, 3.63) is 65.3 Å². The first-order valence-electron chi connectivity index (χ1n) is 7.63. The molecule has 2 N–H and O–H groups in total. The maximum atomic E-state index is 13.7. The number of aliphatic hydroxyl groups is 1. The zero-order valence-corrected chi connectivity index (χ0v) is 13.5. The molecule has 0 aliphatic carbocycles. The molecule has 0 saturated heterocycles. The fourth-order valence-corrected chi connectivity index (χ4v) is 2.33. The Kier molecular flexibility index (Phi) is 4.57. The third-order valence-electron chi connectivity index (χ3n) is 3.73. The Balaban J connectivity index is 1.77. The molecule has 0 fully saturated rings. The van der Waals surface area contributed by atoms with E-state index in [1.54, 1.807) is 19.1 Å². The molecule has 1 heterocycles. The average Bonchev–Trinajstić information content (AvgIpc) is 3.08. The summed E-state index contributed by atoms with van der Waals surface area (Å²) in [6.07, 6.45) is 0. The van der Waals surface area contributed by atoms with Gasteiger partial charge in [-0.15, -0.1) is 0 Å². The van der Waals surface area contributed by atoms with Crippen LogP contribution >= 0.6 is 0 Å². The standard InChI is InChI=1S/C18H18FN3O2/c1-11-6-7-14(9-16(11)19)17-21-18(24-22-17)12(2)20-15-5-3-4-13(8-15)10-23/h3-9,12,20,23H,10H2,1-2H3. The second-order valence-corrected chi connectivity index (χ2v) is 5.64. The molecule has 0 saturated carbocycles. The largest absolute Gasteiger partial charge is 0.392 e. The Morgan fingerprint density at radius 1 is 1.25 bits per heavy atom. The minimum Gasteiger partial charge on any atom is -0.392 e. The third-order valence-corrected chi connectivity index (χ3v) is 3.73. The van der Waals surface area contributed by atoms with E-state index in [2.05, 4.69) is 15.5 Å². The highest BCUT2D eigenvalue weighted by atomic mass is 19.1. The lowest BCUT2D eigenvalue weighted by molar-refractivity contribution is 0.282. The number of benzene rings is 2. The number of rotatable bonds is 5. The molecule has 2 aromatic carbocycles. The molecule has 0 spiro atoms. The Labute approximate surface area is 139 Å². The molecular formula is C18H18FN3O2. The number of aromatic nitrogens is 2. The van der Waals surface area contributed by atoms with Gasteiger partial charge in [0.25, 0.3) is 0 Å². The van der Waals surface area contributed by atoms with Crippen LogP contribution in [0.25, 0.3) is 11.4 Å². The van der Waals surface area contributed by atoms with E-state index < -0.39 is 0 Å². The average molecular weight is 327 g/mol. The number of aliphatic hydroxyl groups excluding tert-OH is 1. The molecule has 1 unspecified atom stereocenters. The zero-order chi connectivity index (χ0) is 17.1.